The van der Waals surface area contributed by atoms with Gasteiger partial charge in [0.2, 0.25) is 0 Å². The van der Waals surface area contributed by atoms with Gasteiger partial charge in [0.05, 0.1) is 13.3 Å². The zero-order valence-electron chi connectivity index (χ0n) is 6.53. The van der Waals surface area contributed by atoms with Gasteiger partial charge in [0, 0.05) is 13.2 Å². The van der Waals surface area contributed by atoms with Gasteiger partial charge in [-0.3, -0.25) is 4.39 Å². The molecule has 62 valence electrons. The summed E-state index contributed by atoms with van der Waals surface area (Å²) in [5.41, 5.74) is 0. The van der Waals surface area contributed by atoms with E-state index >= 15 is 0 Å². The molecular formula is C7H16FNO. The summed E-state index contributed by atoms with van der Waals surface area (Å²) >= 11 is 0. The zero-order chi connectivity index (χ0) is 7.66. The quantitative estimate of drug-likeness (QED) is 0.545. The van der Waals surface area contributed by atoms with Crippen molar-refractivity contribution in [1.29, 1.82) is 0 Å². The molecule has 0 bridgehead atoms. The van der Waals surface area contributed by atoms with Gasteiger partial charge in [-0.2, -0.15) is 0 Å². The standard InChI is InChI=1S/C7H16FNO/c1-9-5-7-10-6-3-2-4-8/h9H,2-7H2,1H3. The molecule has 3 heteroatoms. The van der Waals surface area contributed by atoms with Crippen molar-refractivity contribution in [2.45, 2.75) is 12.8 Å². The van der Waals surface area contributed by atoms with Crippen LogP contribution in [0.3, 0.4) is 0 Å². The van der Waals surface area contributed by atoms with Crippen molar-refractivity contribution in [2.24, 2.45) is 0 Å². The number of halogens is 1. The van der Waals surface area contributed by atoms with Crippen LogP contribution in [0.2, 0.25) is 0 Å². The Hall–Kier alpha value is -0.150. The van der Waals surface area contributed by atoms with Crippen LogP contribution in [0, 0.1) is 0 Å². The first-order valence-electron chi connectivity index (χ1n) is 3.70. The van der Waals surface area contributed by atoms with Crippen molar-refractivity contribution in [2.75, 3.05) is 33.5 Å². The van der Waals surface area contributed by atoms with Gasteiger partial charge in [-0.25, -0.2) is 0 Å². The van der Waals surface area contributed by atoms with Crippen LogP contribution in [0.1, 0.15) is 12.8 Å². The Morgan fingerprint density at radius 2 is 2.10 bits per heavy atom. The molecule has 0 rings (SSSR count). The maximum absolute atomic E-state index is 11.5. The van der Waals surface area contributed by atoms with E-state index in [2.05, 4.69) is 5.32 Å². The Morgan fingerprint density at radius 3 is 2.70 bits per heavy atom. The van der Waals surface area contributed by atoms with Gasteiger partial charge in [-0.15, -0.1) is 0 Å². The molecule has 10 heavy (non-hydrogen) atoms. The second-order valence-electron chi connectivity index (χ2n) is 2.11. The summed E-state index contributed by atoms with van der Waals surface area (Å²) in [6.07, 6.45) is 1.46. The minimum absolute atomic E-state index is 0.227. The number of rotatable bonds is 7. The lowest BCUT2D eigenvalue weighted by Crippen LogP contribution is -2.14. The fourth-order valence-electron chi connectivity index (χ4n) is 0.575. The summed E-state index contributed by atoms with van der Waals surface area (Å²) < 4.78 is 16.6. The van der Waals surface area contributed by atoms with Crippen LogP contribution in [-0.4, -0.2) is 33.5 Å². The average molecular weight is 149 g/mol. The van der Waals surface area contributed by atoms with Crippen molar-refractivity contribution in [3.8, 4) is 0 Å². The Balaban J connectivity index is 2.65. The maximum atomic E-state index is 11.5. The highest BCUT2D eigenvalue weighted by atomic mass is 19.1. The summed E-state index contributed by atoms with van der Waals surface area (Å²) in [4.78, 5) is 0. The molecule has 0 aliphatic rings. The lowest BCUT2D eigenvalue weighted by molar-refractivity contribution is 0.132. The lowest BCUT2D eigenvalue weighted by Gasteiger charge is -2.01. The molecule has 0 aliphatic carbocycles. The summed E-state index contributed by atoms with van der Waals surface area (Å²) in [5, 5.41) is 2.96. The van der Waals surface area contributed by atoms with E-state index in [0.717, 1.165) is 19.6 Å². The molecule has 1 N–H and O–H groups in total. The van der Waals surface area contributed by atoms with Gasteiger partial charge >= 0.3 is 0 Å². The molecule has 0 aliphatic heterocycles. The number of unbranched alkanes of at least 4 members (excludes halogenated alkanes) is 1. The summed E-state index contributed by atoms with van der Waals surface area (Å²) in [7, 11) is 1.88. The predicted octanol–water partition coefficient (Wildman–Crippen LogP) is 0.972. The first kappa shape index (κ1) is 9.85. The Kier molecular flexibility index (Phi) is 8.72. The molecule has 0 amide bonds. The topological polar surface area (TPSA) is 21.3 Å². The van der Waals surface area contributed by atoms with E-state index in [1.165, 1.54) is 0 Å². The van der Waals surface area contributed by atoms with Crippen LogP contribution < -0.4 is 5.32 Å². The third-order valence-electron chi connectivity index (χ3n) is 1.17. The molecule has 0 spiro atoms. The van der Waals surface area contributed by atoms with Crippen molar-refractivity contribution in [1.82, 2.24) is 5.32 Å². The van der Waals surface area contributed by atoms with Gasteiger partial charge < -0.3 is 10.1 Å². The molecule has 0 saturated carbocycles. The first-order chi connectivity index (χ1) is 4.91. The minimum atomic E-state index is -0.227. The second kappa shape index (κ2) is 8.85. The van der Waals surface area contributed by atoms with E-state index in [9.17, 15) is 4.39 Å². The molecule has 0 fully saturated rings. The fraction of sp³-hybridized carbons (Fsp3) is 1.00. The van der Waals surface area contributed by atoms with E-state index in [0.29, 0.717) is 13.0 Å². The van der Waals surface area contributed by atoms with E-state index in [4.69, 9.17) is 4.74 Å². The van der Waals surface area contributed by atoms with Gasteiger partial charge in [-0.05, 0) is 19.9 Å². The van der Waals surface area contributed by atoms with Crippen LogP contribution in [0.15, 0.2) is 0 Å². The molecule has 2 nitrogen and oxygen atoms in total. The second-order valence-corrected chi connectivity index (χ2v) is 2.11. The van der Waals surface area contributed by atoms with Crippen LogP contribution in [0.4, 0.5) is 4.39 Å². The highest BCUT2D eigenvalue weighted by Gasteiger charge is 1.87. The van der Waals surface area contributed by atoms with Crippen LogP contribution in [0.25, 0.3) is 0 Å². The van der Waals surface area contributed by atoms with Crippen LogP contribution >= 0.6 is 0 Å². The fourth-order valence-corrected chi connectivity index (χ4v) is 0.575. The monoisotopic (exact) mass is 149 g/mol. The summed E-state index contributed by atoms with van der Waals surface area (Å²) in [6.45, 7) is 2.05. The number of alkyl halides is 1. The third-order valence-corrected chi connectivity index (χ3v) is 1.17. The Bertz CT molecular complexity index is 53.6. The number of ether oxygens (including phenoxy) is 1. The molecule has 0 saturated heterocycles. The molecule has 0 aromatic heterocycles. The van der Waals surface area contributed by atoms with Crippen molar-refractivity contribution in [3.63, 3.8) is 0 Å². The number of likely N-dealkylation sites (N-methyl/N-ethyl adjacent to an activating group) is 1. The molecule has 0 atom stereocenters. The van der Waals surface area contributed by atoms with Gasteiger partial charge in [0.15, 0.2) is 0 Å². The molecule has 0 aromatic carbocycles. The lowest BCUT2D eigenvalue weighted by atomic mass is 10.3. The molecule has 0 heterocycles. The van der Waals surface area contributed by atoms with Crippen molar-refractivity contribution in [3.05, 3.63) is 0 Å². The Labute approximate surface area is 61.8 Å². The van der Waals surface area contributed by atoms with Crippen LogP contribution in [-0.2, 0) is 4.74 Å². The predicted molar refractivity (Wildman–Crippen MR) is 40.0 cm³/mol. The third kappa shape index (κ3) is 7.85. The van der Waals surface area contributed by atoms with E-state index in [-0.39, 0.29) is 6.67 Å². The first-order valence-corrected chi connectivity index (χ1v) is 3.70. The zero-order valence-corrected chi connectivity index (χ0v) is 6.53. The summed E-state index contributed by atoms with van der Waals surface area (Å²) in [5.74, 6) is 0. The minimum Gasteiger partial charge on any atom is -0.380 e. The molecular weight excluding hydrogens is 133 g/mol. The number of hydrogen-bond donors (Lipinski definition) is 1. The normalized spacial score (nSPS) is 10.2. The van der Waals surface area contributed by atoms with Gasteiger partial charge in [0.1, 0.15) is 0 Å². The highest BCUT2D eigenvalue weighted by Crippen LogP contribution is 1.89. The summed E-state index contributed by atoms with van der Waals surface area (Å²) in [6, 6.07) is 0. The van der Waals surface area contributed by atoms with E-state index in [1.807, 2.05) is 7.05 Å². The maximum Gasteiger partial charge on any atom is 0.0895 e. The Morgan fingerprint density at radius 1 is 1.30 bits per heavy atom. The molecule has 0 aromatic rings. The van der Waals surface area contributed by atoms with Crippen molar-refractivity contribution >= 4 is 0 Å². The molecule has 0 unspecified atom stereocenters. The number of hydrogen-bond acceptors (Lipinski definition) is 2. The van der Waals surface area contributed by atoms with Crippen LogP contribution in [0.5, 0.6) is 0 Å². The van der Waals surface area contributed by atoms with Crippen molar-refractivity contribution < 1.29 is 9.13 Å². The van der Waals surface area contributed by atoms with Gasteiger partial charge in [0.25, 0.3) is 0 Å². The smallest absolute Gasteiger partial charge is 0.0895 e. The van der Waals surface area contributed by atoms with E-state index < -0.39 is 0 Å². The highest BCUT2D eigenvalue weighted by molar-refractivity contribution is 4.38. The largest absolute Gasteiger partial charge is 0.380 e. The molecule has 0 radical (unpaired) electrons. The SMILES string of the molecule is CNCCOCCCCF. The van der Waals surface area contributed by atoms with Gasteiger partial charge in [-0.1, -0.05) is 0 Å². The van der Waals surface area contributed by atoms with E-state index in [1.54, 1.807) is 0 Å². The average Bonchev–Trinajstić information content (AvgIpc) is 1.97. The number of nitrogens with one attached hydrogen (secondary N) is 1.